The lowest BCUT2D eigenvalue weighted by Gasteiger charge is -2.04. The van der Waals surface area contributed by atoms with Crippen LogP contribution in [0.2, 0.25) is 0 Å². The molecule has 1 aliphatic carbocycles. The molecule has 0 aliphatic heterocycles. The van der Waals surface area contributed by atoms with E-state index in [4.69, 9.17) is 0 Å². The summed E-state index contributed by atoms with van der Waals surface area (Å²) >= 11 is 0. The molecule has 1 N–H and O–H groups in total. The minimum absolute atomic E-state index is 0.344. The van der Waals surface area contributed by atoms with Crippen molar-refractivity contribution in [2.24, 2.45) is 0 Å². The van der Waals surface area contributed by atoms with Crippen molar-refractivity contribution in [1.29, 1.82) is 0 Å². The van der Waals surface area contributed by atoms with Crippen LogP contribution in [0.5, 0.6) is 0 Å². The molecular weight excluding hydrogens is 232 g/mol. The Morgan fingerprint density at radius 2 is 2.06 bits per heavy atom. The van der Waals surface area contributed by atoms with Gasteiger partial charge in [-0.15, -0.1) is 0 Å². The van der Waals surface area contributed by atoms with Gasteiger partial charge in [0.2, 0.25) is 0 Å². The van der Waals surface area contributed by atoms with Gasteiger partial charge in [0, 0.05) is 23.2 Å². The molecule has 0 aromatic heterocycles. The van der Waals surface area contributed by atoms with E-state index in [9.17, 15) is 13.0 Å². The zero-order chi connectivity index (χ0) is 11.5. The van der Waals surface area contributed by atoms with Crippen LogP contribution in [0.4, 0.5) is 8.78 Å². The second-order valence-electron chi connectivity index (χ2n) is 3.85. The molecule has 1 unspecified atom stereocenters. The van der Waals surface area contributed by atoms with E-state index >= 15 is 0 Å². The lowest BCUT2D eigenvalue weighted by Crippen LogP contribution is -2.22. The van der Waals surface area contributed by atoms with E-state index < -0.39 is 22.4 Å². The minimum Gasteiger partial charge on any atom is -0.313 e. The maximum absolute atomic E-state index is 12.9. The molecular formula is C11H13F2NOS. The lowest BCUT2D eigenvalue weighted by atomic mass is 10.3. The molecule has 88 valence electrons. The van der Waals surface area contributed by atoms with Crippen LogP contribution >= 0.6 is 0 Å². The monoisotopic (exact) mass is 245 g/mol. The smallest absolute Gasteiger partial charge is 0.160 e. The van der Waals surface area contributed by atoms with Gasteiger partial charge in [0.25, 0.3) is 0 Å². The Bertz CT molecular complexity index is 407. The van der Waals surface area contributed by atoms with Crippen LogP contribution in [0.15, 0.2) is 23.1 Å². The van der Waals surface area contributed by atoms with Crippen molar-refractivity contribution in [3.05, 3.63) is 29.8 Å². The Balaban J connectivity index is 1.88. The third kappa shape index (κ3) is 3.09. The van der Waals surface area contributed by atoms with E-state index in [0.29, 0.717) is 23.2 Å². The summed E-state index contributed by atoms with van der Waals surface area (Å²) in [6.07, 6.45) is 2.36. The van der Waals surface area contributed by atoms with E-state index in [1.807, 2.05) is 0 Å². The summed E-state index contributed by atoms with van der Waals surface area (Å²) < 4.78 is 37.2. The average Bonchev–Trinajstić information content (AvgIpc) is 3.06. The SMILES string of the molecule is O=S(CCNC1CC1)c1ccc(F)c(F)c1. The zero-order valence-corrected chi connectivity index (χ0v) is 9.53. The summed E-state index contributed by atoms with van der Waals surface area (Å²) in [6, 6.07) is 3.95. The molecule has 16 heavy (non-hydrogen) atoms. The average molecular weight is 245 g/mol. The summed E-state index contributed by atoms with van der Waals surface area (Å²) in [5, 5.41) is 3.22. The first-order valence-electron chi connectivity index (χ1n) is 5.23. The number of benzene rings is 1. The largest absolute Gasteiger partial charge is 0.313 e. The molecule has 1 atom stereocenters. The molecule has 2 nitrogen and oxygen atoms in total. The highest BCUT2D eigenvalue weighted by molar-refractivity contribution is 7.85. The zero-order valence-electron chi connectivity index (χ0n) is 8.71. The van der Waals surface area contributed by atoms with Crippen LogP contribution in [0.25, 0.3) is 0 Å². The van der Waals surface area contributed by atoms with Crippen molar-refractivity contribution in [3.8, 4) is 0 Å². The van der Waals surface area contributed by atoms with Gasteiger partial charge < -0.3 is 5.32 Å². The van der Waals surface area contributed by atoms with Crippen LogP contribution in [-0.2, 0) is 10.8 Å². The molecule has 1 aromatic carbocycles. The standard InChI is InChI=1S/C11H13F2NOS/c12-10-4-3-9(7-11(10)13)16(15)6-5-14-8-1-2-8/h3-4,7-8,14H,1-2,5-6H2. The van der Waals surface area contributed by atoms with Gasteiger partial charge in [-0.05, 0) is 31.0 Å². The second-order valence-corrected chi connectivity index (χ2v) is 5.42. The summed E-state index contributed by atoms with van der Waals surface area (Å²) in [5.74, 6) is -1.42. The molecule has 0 spiro atoms. The summed E-state index contributed by atoms with van der Waals surface area (Å²) in [6.45, 7) is 0.649. The van der Waals surface area contributed by atoms with Gasteiger partial charge >= 0.3 is 0 Å². The fourth-order valence-corrected chi connectivity index (χ4v) is 2.37. The van der Waals surface area contributed by atoms with Crippen molar-refractivity contribution in [2.45, 2.75) is 23.8 Å². The molecule has 0 heterocycles. The maximum Gasteiger partial charge on any atom is 0.160 e. The first-order valence-corrected chi connectivity index (χ1v) is 6.55. The Morgan fingerprint density at radius 3 is 2.69 bits per heavy atom. The van der Waals surface area contributed by atoms with Gasteiger partial charge in [0.15, 0.2) is 11.6 Å². The number of hydrogen-bond donors (Lipinski definition) is 1. The molecule has 0 saturated heterocycles. The fraction of sp³-hybridized carbons (Fsp3) is 0.455. The Morgan fingerprint density at radius 1 is 1.31 bits per heavy atom. The molecule has 2 rings (SSSR count). The number of halogens is 2. The highest BCUT2D eigenvalue weighted by atomic mass is 32.2. The van der Waals surface area contributed by atoms with Crippen molar-refractivity contribution < 1.29 is 13.0 Å². The van der Waals surface area contributed by atoms with Crippen molar-refractivity contribution in [2.75, 3.05) is 12.3 Å². The number of nitrogens with one attached hydrogen (secondary N) is 1. The number of hydrogen-bond acceptors (Lipinski definition) is 2. The molecule has 1 aromatic rings. The minimum atomic E-state index is -1.26. The van der Waals surface area contributed by atoms with Gasteiger partial charge in [0.05, 0.1) is 10.8 Å². The van der Waals surface area contributed by atoms with E-state index in [0.717, 1.165) is 12.1 Å². The van der Waals surface area contributed by atoms with Gasteiger partial charge in [0.1, 0.15) is 0 Å². The predicted molar refractivity (Wildman–Crippen MR) is 58.7 cm³/mol. The van der Waals surface area contributed by atoms with Gasteiger partial charge in [-0.2, -0.15) is 0 Å². The number of rotatable bonds is 5. The van der Waals surface area contributed by atoms with Gasteiger partial charge in [-0.25, -0.2) is 8.78 Å². The Labute approximate surface area is 95.5 Å². The van der Waals surface area contributed by atoms with Crippen molar-refractivity contribution >= 4 is 10.8 Å². The first-order chi connectivity index (χ1) is 7.66. The predicted octanol–water partition coefficient (Wildman–Crippen LogP) is 1.82. The third-order valence-corrected chi connectivity index (χ3v) is 3.81. The summed E-state index contributed by atoms with van der Waals surface area (Å²) in [5.41, 5.74) is 0. The van der Waals surface area contributed by atoms with E-state index in [2.05, 4.69) is 5.32 Å². The molecule has 0 bridgehead atoms. The summed E-state index contributed by atoms with van der Waals surface area (Å²) in [4.78, 5) is 0.344. The second kappa shape index (κ2) is 5.01. The molecule has 5 heteroatoms. The highest BCUT2D eigenvalue weighted by Gasteiger charge is 2.20. The normalized spacial score (nSPS) is 17.4. The first kappa shape index (κ1) is 11.7. The molecule has 1 saturated carbocycles. The van der Waals surface area contributed by atoms with E-state index in [1.165, 1.54) is 18.9 Å². The summed E-state index contributed by atoms with van der Waals surface area (Å²) in [7, 11) is -1.26. The van der Waals surface area contributed by atoms with Gasteiger partial charge in [-0.3, -0.25) is 4.21 Å². The topological polar surface area (TPSA) is 29.1 Å². The van der Waals surface area contributed by atoms with Gasteiger partial charge in [-0.1, -0.05) is 0 Å². The Hall–Kier alpha value is -0.810. The fourth-order valence-electron chi connectivity index (χ4n) is 1.38. The molecule has 0 radical (unpaired) electrons. The van der Waals surface area contributed by atoms with Crippen LogP contribution in [0.1, 0.15) is 12.8 Å². The Kier molecular flexibility index (Phi) is 3.66. The van der Waals surface area contributed by atoms with Crippen LogP contribution in [0.3, 0.4) is 0 Å². The van der Waals surface area contributed by atoms with Crippen LogP contribution in [0, 0.1) is 11.6 Å². The van der Waals surface area contributed by atoms with Crippen molar-refractivity contribution in [3.63, 3.8) is 0 Å². The molecule has 1 aliphatic rings. The molecule has 1 fully saturated rings. The van der Waals surface area contributed by atoms with E-state index in [-0.39, 0.29) is 0 Å². The van der Waals surface area contributed by atoms with Crippen LogP contribution in [-0.4, -0.2) is 22.5 Å². The van der Waals surface area contributed by atoms with E-state index in [1.54, 1.807) is 0 Å². The van der Waals surface area contributed by atoms with Crippen molar-refractivity contribution in [1.82, 2.24) is 5.32 Å². The van der Waals surface area contributed by atoms with Crippen LogP contribution < -0.4 is 5.32 Å². The lowest BCUT2D eigenvalue weighted by molar-refractivity contribution is 0.505. The molecule has 0 amide bonds. The third-order valence-electron chi connectivity index (χ3n) is 2.45. The maximum atomic E-state index is 12.9. The highest BCUT2D eigenvalue weighted by Crippen LogP contribution is 2.18. The quantitative estimate of drug-likeness (QED) is 0.857.